The van der Waals surface area contributed by atoms with Crippen LogP contribution in [0.1, 0.15) is 25.2 Å². The quantitative estimate of drug-likeness (QED) is 0.926. The summed E-state index contributed by atoms with van der Waals surface area (Å²) in [6, 6.07) is 0.145. The first-order valence-electron chi connectivity index (χ1n) is 6.75. The van der Waals surface area contributed by atoms with Gasteiger partial charge in [-0.3, -0.25) is 4.68 Å². The zero-order valence-electron chi connectivity index (χ0n) is 11.7. The van der Waals surface area contributed by atoms with Crippen LogP contribution in [0.25, 0.3) is 0 Å². The number of thioether (sulfide) groups is 2. The predicted octanol–water partition coefficient (Wildman–Crippen LogP) is 2.97. The molecule has 0 amide bonds. The molecule has 0 spiro atoms. The molecule has 0 radical (unpaired) electrons. The maximum Gasteiger partial charge on any atom is 0.0847 e. The van der Waals surface area contributed by atoms with E-state index in [1.807, 2.05) is 35.1 Å². The van der Waals surface area contributed by atoms with Crippen LogP contribution in [0.4, 0.5) is 0 Å². The van der Waals surface area contributed by atoms with Crippen LogP contribution in [0.5, 0.6) is 0 Å². The van der Waals surface area contributed by atoms with Gasteiger partial charge in [-0.1, -0.05) is 18.5 Å². The Morgan fingerprint density at radius 2 is 2.16 bits per heavy atom. The average molecular weight is 320 g/mol. The number of hydrogen-bond acceptors (Lipinski definition) is 4. The van der Waals surface area contributed by atoms with Gasteiger partial charge in [0.2, 0.25) is 0 Å². The Morgan fingerprint density at radius 1 is 1.47 bits per heavy atom. The van der Waals surface area contributed by atoms with Crippen LogP contribution in [0.15, 0.2) is 0 Å². The summed E-state index contributed by atoms with van der Waals surface area (Å²) in [5.74, 6) is 2.44. The lowest BCUT2D eigenvalue weighted by atomic mass is 10.1. The first-order valence-corrected chi connectivity index (χ1v) is 9.22. The van der Waals surface area contributed by atoms with Crippen LogP contribution >= 0.6 is 35.1 Å². The van der Waals surface area contributed by atoms with Gasteiger partial charge in [-0.25, -0.2) is 0 Å². The average Bonchev–Trinajstić information content (AvgIpc) is 2.67. The maximum atomic E-state index is 6.44. The highest BCUT2D eigenvalue weighted by atomic mass is 35.5. The van der Waals surface area contributed by atoms with E-state index >= 15 is 0 Å². The fourth-order valence-electron chi connectivity index (χ4n) is 2.52. The van der Waals surface area contributed by atoms with E-state index in [1.165, 1.54) is 11.5 Å². The minimum Gasteiger partial charge on any atom is -0.326 e. The van der Waals surface area contributed by atoms with Crippen molar-refractivity contribution in [3.8, 4) is 0 Å². The Balaban J connectivity index is 2.11. The van der Waals surface area contributed by atoms with E-state index in [2.05, 4.69) is 18.9 Å². The van der Waals surface area contributed by atoms with Crippen molar-refractivity contribution in [2.45, 2.75) is 50.3 Å². The molecule has 6 heteroatoms. The zero-order valence-corrected chi connectivity index (χ0v) is 14.1. The molecule has 108 valence electrons. The molecular weight excluding hydrogens is 298 g/mol. The number of nitrogens with two attached hydrogens (primary N) is 1. The third-order valence-electron chi connectivity index (χ3n) is 3.54. The molecule has 3 atom stereocenters. The first-order chi connectivity index (χ1) is 9.04. The van der Waals surface area contributed by atoms with Crippen molar-refractivity contribution < 1.29 is 0 Å². The lowest BCUT2D eigenvalue weighted by Gasteiger charge is -2.32. The smallest absolute Gasteiger partial charge is 0.0847 e. The molecular formula is C13H22ClN3S2. The summed E-state index contributed by atoms with van der Waals surface area (Å²) in [4.78, 5) is 0. The number of rotatable bonds is 4. The second kappa shape index (κ2) is 6.74. The molecule has 2 rings (SSSR count). The Labute approximate surface area is 129 Å². The molecule has 0 bridgehead atoms. The second-order valence-electron chi connectivity index (χ2n) is 4.94. The largest absolute Gasteiger partial charge is 0.326 e. The maximum absolute atomic E-state index is 6.44. The van der Waals surface area contributed by atoms with E-state index < -0.39 is 0 Å². The van der Waals surface area contributed by atoms with Crippen molar-refractivity contribution in [1.82, 2.24) is 9.78 Å². The van der Waals surface area contributed by atoms with Crippen LogP contribution in [-0.4, -0.2) is 37.8 Å². The van der Waals surface area contributed by atoms with Crippen molar-refractivity contribution in [3.05, 3.63) is 16.4 Å². The van der Waals surface area contributed by atoms with E-state index in [4.69, 9.17) is 17.3 Å². The van der Waals surface area contributed by atoms with Crippen molar-refractivity contribution in [2.24, 2.45) is 5.73 Å². The fourth-order valence-corrected chi connectivity index (χ4v) is 5.63. The van der Waals surface area contributed by atoms with E-state index in [9.17, 15) is 0 Å². The second-order valence-corrected chi connectivity index (χ2v) is 8.09. The molecule has 1 aliphatic rings. The zero-order chi connectivity index (χ0) is 14.0. The third kappa shape index (κ3) is 3.43. The topological polar surface area (TPSA) is 43.8 Å². The number of aryl methyl sites for hydroxylation is 2. The Bertz CT molecular complexity index is 436. The third-order valence-corrected chi connectivity index (χ3v) is 7.30. The van der Waals surface area contributed by atoms with E-state index in [-0.39, 0.29) is 6.04 Å². The van der Waals surface area contributed by atoms with Gasteiger partial charge in [0.25, 0.3) is 0 Å². The summed E-state index contributed by atoms with van der Waals surface area (Å²) in [7, 11) is 0. The molecule has 2 N–H and O–H groups in total. The van der Waals surface area contributed by atoms with Gasteiger partial charge in [-0.2, -0.15) is 28.6 Å². The Hall–Kier alpha value is 0.160. The highest BCUT2D eigenvalue weighted by Crippen LogP contribution is 2.34. The Morgan fingerprint density at radius 3 is 2.79 bits per heavy atom. The predicted molar refractivity (Wildman–Crippen MR) is 87.5 cm³/mol. The van der Waals surface area contributed by atoms with Crippen molar-refractivity contribution >= 4 is 35.1 Å². The van der Waals surface area contributed by atoms with Gasteiger partial charge < -0.3 is 5.73 Å². The number of aromatic nitrogens is 2. The minimum atomic E-state index is 0.145. The van der Waals surface area contributed by atoms with E-state index in [0.29, 0.717) is 10.5 Å². The van der Waals surface area contributed by atoms with Crippen LogP contribution in [-0.2, 0) is 13.0 Å². The lowest BCUT2D eigenvalue weighted by Crippen LogP contribution is -2.42. The molecule has 1 aliphatic heterocycles. The molecule has 2 heterocycles. The molecule has 1 fully saturated rings. The number of nitrogens with zero attached hydrogens (tertiary/aromatic N) is 2. The molecule has 0 aromatic carbocycles. The van der Waals surface area contributed by atoms with Crippen LogP contribution in [0.3, 0.4) is 0 Å². The summed E-state index contributed by atoms with van der Waals surface area (Å²) in [5.41, 5.74) is 8.44. The normalized spacial score (nSPS) is 25.5. The Kier molecular flexibility index (Phi) is 5.52. The molecule has 3 unspecified atom stereocenters. The molecule has 3 nitrogen and oxygen atoms in total. The van der Waals surface area contributed by atoms with Gasteiger partial charge in [-0.05, 0) is 13.8 Å². The molecule has 19 heavy (non-hydrogen) atoms. The summed E-state index contributed by atoms with van der Waals surface area (Å²) in [6.45, 7) is 7.17. The monoisotopic (exact) mass is 319 g/mol. The van der Waals surface area contributed by atoms with Gasteiger partial charge >= 0.3 is 0 Å². The number of halogens is 1. The summed E-state index contributed by atoms with van der Waals surface area (Å²) < 4.78 is 1.99. The van der Waals surface area contributed by atoms with Crippen molar-refractivity contribution in [1.29, 1.82) is 0 Å². The van der Waals surface area contributed by atoms with Gasteiger partial charge in [0.05, 0.1) is 16.4 Å². The fraction of sp³-hybridized carbons (Fsp3) is 0.769. The number of hydrogen-bond donors (Lipinski definition) is 1. The highest BCUT2D eigenvalue weighted by molar-refractivity contribution is 8.07. The molecule has 1 aromatic rings. The van der Waals surface area contributed by atoms with Gasteiger partial charge in [0, 0.05) is 41.0 Å². The molecule has 1 saturated heterocycles. The van der Waals surface area contributed by atoms with Gasteiger partial charge in [-0.15, -0.1) is 0 Å². The first kappa shape index (κ1) is 15.5. The van der Waals surface area contributed by atoms with Crippen LogP contribution < -0.4 is 5.73 Å². The lowest BCUT2D eigenvalue weighted by molar-refractivity contribution is 0.560. The van der Waals surface area contributed by atoms with E-state index in [0.717, 1.165) is 29.4 Å². The van der Waals surface area contributed by atoms with Crippen molar-refractivity contribution in [2.75, 3.05) is 11.5 Å². The standard InChI is InChI=1S/C13H22ClN3S2/c1-4-17-11(12(14)8(2)16-17)7-10(15)13-9(3)18-5-6-19-13/h9-10,13H,4-7,15H2,1-3H3. The summed E-state index contributed by atoms with van der Waals surface area (Å²) in [6.07, 6.45) is 0.816. The van der Waals surface area contributed by atoms with Gasteiger partial charge in [0.1, 0.15) is 0 Å². The van der Waals surface area contributed by atoms with Gasteiger partial charge in [0.15, 0.2) is 0 Å². The van der Waals surface area contributed by atoms with Crippen LogP contribution in [0.2, 0.25) is 5.02 Å². The molecule has 0 aliphatic carbocycles. The van der Waals surface area contributed by atoms with Crippen LogP contribution in [0, 0.1) is 6.92 Å². The summed E-state index contributed by atoms with van der Waals surface area (Å²) >= 11 is 10.4. The minimum absolute atomic E-state index is 0.145. The van der Waals surface area contributed by atoms with Crippen molar-refractivity contribution in [3.63, 3.8) is 0 Å². The molecule has 1 aromatic heterocycles. The SMILES string of the molecule is CCn1nc(C)c(Cl)c1CC(N)C1SCCSC1C. The van der Waals surface area contributed by atoms with E-state index in [1.54, 1.807) is 0 Å². The highest BCUT2D eigenvalue weighted by Gasteiger charge is 2.29. The molecule has 0 saturated carbocycles. The summed E-state index contributed by atoms with van der Waals surface area (Å²) in [5, 5.41) is 6.38.